The minimum Gasteiger partial charge on any atom is -0.492 e. The van der Waals surface area contributed by atoms with Crippen molar-refractivity contribution in [2.45, 2.75) is 19.1 Å². The topological polar surface area (TPSA) is 83.9 Å². The van der Waals surface area contributed by atoms with E-state index in [0.29, 0.717) is 38.5 Å². The van der Waals surface area contributed by atoms with Crippen LogP contribution in [0.25, 0.3) is 0 Å². The first-order valence-corrected chi connectivity index (χ1v) is 13.4. The Morgan fingerprint density at radius 1 is 0.974 bits per heavy atom. The summed E-state index contributed by atoms with van der Waals surface area (Å²) in [6, 6.07) is 15.8. The van der Waals surface area contributed by atoms with E-state index in [1.165, 1.54) is 7.11 Å². The summed E-state index contributed by atoms with van der Waals surface area (Å²) in [5, 5.41) is 11.7. The van der Waals surface area contributed by atoms with Gasteiger partial charge in [-0.1, -0.05) is 29.8 Å². The van der Waals surface area contributed by atoms with Gasteiger partial charge in [0.25, 0.3) is 0 Å². The van der Waals surface area contributed by atoms with Gasteiger partial charge < -0.3 is 29.0 Å². The number of aliphatic hydroxyl groups is 1. The molecule has 0 aliphatic carbocycles. The highest BCUT2D eigenvalue weighted by molar-refractivity contribution is 5.77. The maximum Gasteiger partial charge on any atom is 0.248 e. The molecular formula is C29H41N3O6. The molecule has 0 aromatic heterocycles. The fraction of sp³-hybridized carbons (Fsp3) is 0.552. The van der Waals surface area contributed by atoms with Crippen LogP contribution in [0.15, 0.2) is 48.5 Å². The van der Waals surface area contributed by atoms with Crippen LogP contribution in [0.3, 0.4) is 0 Å². The smallest absolute Gasteiger partial charge is 0.248 e. The number of hydrogen-bond donors (Lipinski definition) is 1. The lowest BCUT2D eigenvalue weighted by atomic mass is 10.0. The van der Waals surface area contributed by atoms with E-state index in [2.05, 4.69) is 21.9 Å². The zero-order valence-electron chi connectivity index (χ0n) is 22.6. The van der Waals surface area contributed by atoms with Crippen LogP contribution in [0, 0.1) is 6.92 Å². The second-order valence-corrected chi connectivity index (χ2v) is 10.2. The third kappa shape index (κ3) is 8.68. The fourth-order valence-electron chi connectivity index (χ4n) is 4.86. The van der Waals surface area contributed by atoms with Gasteiger partial charge in [-0.25, -0.2) is 0 Å². The van der Waals surface area contributed by atoms with Crippen molar-refractivity contribution in [2.75, 3.05) is 86.0 Å². The number of carbonyl (C=O) groups is 1. The van der Waals surface area contributed by atoms with Crippen LogP contribution < -0.4 is 9.47 Å². The molecule has 9 nitrogen and oxygen atoms in total. The molecule has 208 valence electrons. The molecule has 1 N–H and O–H groups in total. The lowest BCUT2D eigenvalue weighted by Crippen LogP contribution is -2.52. The first-order valence-electron chi connectivity index (χ1n) is 13.4. The van der Waals surface area contributed by atoms with Crippen LogP contribution in [0.2, 0.25) is 0 Å². The molecule has 2 aromatic carbocycles. The molecule has 0 unspecified atom stereocenters. The van der Waals surface area contributed by atoms with E-state index in [4.69, 9.17) is 18.9 Å². The van der Waals surface area contributed by atoms with Crippen molar-refractivity contribution in [3.05, 3.63) is 59.7 Å². The summed E-state index contributed by atoms with van der Waals surface area (Å²) in [5.41, 5.74) is 0.990. The van der Waals surface area contributed by atoms with Crippen LogP contribution >= 0.6 is 0 Å². The number of hydrogen-bond acceptors (Lipinski definition) is 8. The summed E-state index contributed by atoms with van der Waals surface area (Å²) in [4.78, 5) is 18.9. The zero-order chi connectivity index (χ0) is 26.8. The van der Waals surface area contributed by atoms with E-state index in [-0.39, 0.29) is 25.7 Å². The van der Waals surface area contributed by atoms with Crippen LogP contribution in [0.5, 0.6) is 11.5 Å². The minimum absolute atomic E-state index is 0.0151. The second kappa shape index (κ2) is 13.9. The van der Waals surface area contributed by atoms with Crippen LogP contribution in [0.4, 0.5) is 0 Å². The lowest BCUT2D eigenvalue weighted by molar-refractivity contribution is -0.138. The molecule has 2 heterocycles. The Kier molecular flexibility index (Phi) is 10.4. The molecule has 1 amide bonds. The predicted molar refractivity (Wildman–Crippen MR) is 145 cm³/mol. The highest BCUT2D eigenvalue weighted by atomic mass is 16.5. The number of nitrogens with zero attached hydrogens (tertiary/aromatic N) is 3. The quantitative estimate of drug-likeness (QED) is 0.474. The second-order valence-electron chi connectivity index (χ2n) is 10.2. The van der Waals surface area contributed by atoms with Gasteiger partial charge in [0.15, 0.2) is 0 Å². The number of benzene rings is 2. The van der Waals surface area contributed by atoms with Crippen molar-refractivity contribution in [3.63, 3.8) is 0 Å². The Hall–Kier alpha value is -2.69. The molecule has 38 heavy (non-hydrogen) atoms. The highest BCUT2D eigenvalue weighted by Crippen LogP contribution is 2.22. The number of amides is 1. The summed E-state index contributed by atoms with van der Waals surface area (Å²) in [6.07, 6.45) is 0. The van der Waals surface area contributed by atoms with Gasteiger partial charge in [0.05, 0.1) is 19.8 Å². The normalized spacial score (nSPS) is 21.2. The molecule has 2 fully saturated rings. The Morgan fingerprint density at radius 3 is 2.53 bits per heavy atom. The standard InChI is InChI=1S/C29H41N3O6/c1-24-6-8-26(9-7-24)38-23-29(34)21-31(10-11-32(22-29)28(33)20-35-2)19-25-4-3-5-27(18-25)37-17-14-30-12-15-36-16-13-30/h3-9,18,34H,10-17,19-23H2,1-2H3/t29-/m1/s1. The molecule has 0 saturated carbocycles. The average molecular weight is 528 g/mol. The van der Waals surface area contributed by atoms with E-state index in [9.17, 15) is 9.90 Å². The van der Waals surface area contributed by atoms with Crippen molar-refractivity contribution >= 4 is 5.91 Å². The van der Waals surface area contributed by atoms with Crippen LogP contribution in [0.1, 0.15) is 11.1 Å². The van der Waals surface area contributed by atoms with E-state index < -0.39 is 5.60 Å². The summed E-state index contributed by atoms with van der Waals surface area (Å²) in [5.74, 6) is 1.38. The number of carbonyl (C=O) groups excluding carboxylic acids is 1. The number of ether oxygens (including phenoxy) is 4. The van der Waals surface area contributed by atoms with E-state index in [1.807, 2.05) is 43.3 Å². The predicted octanol–water partition coefficient (Wildman–Crippen LogP) is 1.81. The molecular weight excluding hydrogens is 486 g/mol. The summed E-state index contributed by atoms with van der Waals surface area (Å²) < 4.78 is 22.5. The Morgan fingerprint density at radius 2 is 1.76 bits per heavy atom. The van der Waals surface area contributed by atoms with Gasteiger partial charge >= 0.3 is 0 Å². The van der Waals surface area contributed by atoms with Crippen molar-refractivity contribution in [3.8, 4) is 11.5 Å². The Balaban J connectivity index is 1.38. The van der Waals surface area contributed by atoms with Crippen LogP contribution in [-0.4, -0.2) is 117 Å². The molecule has 0 bridgehead atoms. The molecule has 2 aliphatic heterocycles. The summed E-state index contributed by atoms with van der Waals surface area (Å²) >= 11 is 0. The minimum atomic E-state index is -1.24. The molecule has 2 aliphatic rings. The van der Waals surface area contributed by atoms with E-state index in [1.54, 1.807) is 4.90 Å². The summed E-state index contributed by atoms with van der Waals surface area (Å²) in [6.45, 7) is 9.34. The molecule has 0 spiro atoms. The van der Waals surface area contributed by atoms with E-state index >= 15 is 0 Å². The molecule has 9 heteroatoms. The largest absolute Gasteiger partial charge is 0.492 e. The number of methoxy groups -OCH3 is 1. The number of rotatable bonds is 11. The van der Waals surface area contributed by atoms with E-state index in [0.717, 1.165) is 49.7 Å². The summed E-state index contributed by atoms with van der Waals surface area (Å²) in [7, 11) is 1.50. The average Bonchev–Trinajstić information content (AvgIpc) is 3.08. The van der Waals surface area contributed by atoms with Crippen molar-refractivity contribution < 1.29 is 28.8 Å². The molecule has 0 radical (unpaired) electrons. The van der Waals surface area contributed by atoms with Gasteiger partial charge in [0.1, 0.15) is 36.9 Å². The van der Waals surface area contributed by atoms with Gasteiger partial charge in [-0.05, 0) is 36.8 Å². The first-order chi connectivity index (χ1) is 18.4. The van der Waals surface area contributed by atoms with Gasteiger partial charge in [0.2, 0.25) is 5.91 Å². The van der Waals surface area contributed by atoms with Crippen molar-refractivity contribution in [2.24, 2.45) is 0 Å². The molecule has 2 saturated heterocycles. The van der Waals surface area contributed by atoms with Gasteiger partial charge in [-0.15, -0.1) is 0 Å². The van der Waals surface area contributed by atoms with Gasteiger partial charge in [-0.3, -0.25) is 14.6 Å². The third-order valence-corrected chi connectivity index (χ3v) is 6.92. The monoisotopic (exact) mass is 527 g/mol. The fourth-order valence-corrected chi connectivity index (χ4v) is 4.86. The number of β-amino-alcohol motifs (C(OH)–C–C–N with tert-alkyl or cyclic N) is 1. The zero-order valence-corrected chi connectivity index (χ0v) is 22.6. The Bertz CT molecular complexity index is 1010. The maximum absolute atomic E-state index is 12.7. The number of morpholine rings is 1. The number of aryl methyl sites for hydroxylation is 1. The van der Waals surface area contributed by atoms with Crippen molar-refractivity contribution in [1.29, 1.82) is 0 Å². The first kappa shape index (κ1) is 28.3. The van der Waals surface area contributed by atoms with Crippen LogP contribution in [-0.2, 0) is 20.8 Å². The lowest BCUT2D eigenvalue weighted by Gasteiger charge is -2.33. The Labute approximate surface area is 225 Å². The van der Waals surface area contributed by atoms with Crippen molar-refractivity contribution in [1.82, 2.24) is 14.7 Å². The SMILES string of the molecule is COCC(=O)N1CCN(Cc2cccc(OCCN3CCOCC3)c2)C[C@](O)(COc2ccc(C)cc2)C1. The van der Waals surface area contributed by atoms with Gasteiger partial charge in [-0.2, -0.15) is 0 Å². The molecule has 4 rings (SSSR count). The third-order valence-electron chi connectivity index (χ3n) is 6.92. The van der Waals surface area contributed by atoms with Gasteiger partial charge in [0, 0.05) is 52.9 Å². The highest BCUT2D eigenvalue weighted by Gasteiger charge is 2.37. The molecule has 1 atom stereocenters. The maximum atomic E-state index is 12.7. The molecule has 2 aromatic rings.